The monoisotopic (exact) mass is 458 g/mol. The maximum atomic E-state index is 6.31. The van der Waals surface area contributed by atoms with E-state index in [2.05, 4.69) is 5.32 Å². The Morgan fingerprint density at radius 2 is 1.37 bits per heavy atom. The predicted molar refractivity (Wildman–Crippen MR) is 125 cm³/mol. The van der Waals surface area contributed by atoms with Crippen molar-refractivity contribution in [3.63, 3.8) is 0 Å². The summed E-state index contributed by atoms with van der Waals surface area (Å²) >= 11 is 18.5. The molecule has 0 saturated carbocycles. The Morgan fingerprint density at radius 3 is 1.97 bits per heavy atom. The van der Waals surface area contributed by atoms with Crippen molar-refractivity contribution in [3.05, 3.63) is 98.5 Å². The molecule has 1 aliphatic rings. The predicted octanol–water partition coefficient (Wildman–Crippen LogP) is 7.27. The Labute approximate surface area is 191 Å². The Morgan fingerprint density at radius 1 is 0.800 bits per heavy atom. The normalized spacial score (nSPS) is 18.3. The maximum absolute atomic E-state index is 6.31. The van der Waals surface area contributed by atoms with E-state index in [0.717, 1.165) is 28.3 Å². The fourth-order valence-corrected chi connectivity index (χ4v) is 3.96. The van der Waals surface area contributed by atoms with Gasteiger partial charge in [0.2, 0.25) is 0 Å². The minimum absolute atomic E-state index is 0.0334. The first kappa shape index (κ1) is 21.0. The van der Waals surface area contributed by atoms with E-state index in [0.29, 0.717) is 15.1 Å². The molecule has 0 aliphatic carbocycles. The largest absolute Gasteiger partial charge is 0.490 e. The Kier molecular flexibility index (Phi) is 6.24. The van der Waals surface area contributed by atoms with Crippen LogP contribution in [0, 0.1) is 0 Å². The molecule has 1 heterocycles. The number of hydrogen-bond donors (Lipinski definition) is 1. The lowest BCUT2D eigenvalue weighted by Gasteiger charge is -2.20. The van der Waals surface area contributed by atoms with Crippen LogP contribution in [0.5, 0.6) is 5.75 Å². The lowest BCUT2D eigenvalue weighted by molar-refractivity contribution is 0.242. The van der Waals surface area contributed by atoms with Gasteiger partial charge in [0, 0.05) is 15.1 Å². The minimum Gasteiger partial charge on any atom is -0.490 e. The molecule has 1 aliphatic heterocycles. The molecule has 6 heteroatoms. The highest BCUT2D eigenvalue weighted by molar-refractivity contribution is 6.31. The van der Waals surface area contributed by atoms with E-state index < -0.39 is 0 Å². The molecule has 1 N–H and O–H groups in total. The van der Waals surface area contributed by atoms with Gasteiger partial charge in [0.15, 0.2) is 0 Å². The molecule has 0 fully saturated rings. The van der Waals surface area contributed by atoms with Gasteiger partial charge in [-0.15, -0.1) is 0 Å². The lowest BCUT2D eigenvalue weighted by Crippen LogP contribution is -2.25. The second-order valence-corrected chi connectivity index (χ2v) is 8.76. The van der Waals surface area contributed by atoms with Gasteiger partial charge < -0.3 is 10.1 Å². The molecule has 0 spiro atoms. The van der Waals surface area contributed by atoms with Gasteiger partial charge in [-0.05, 0) is 67.4 Å². The van der Waals surface area contributed by atoms with Crippen LogP contribution in [0.3, 0.4) is 0 Å². The van der Waals surface area contributed by atoms with Gasteiger partial charge in [-0.3, -0.25) is 4.99 Å². The highest BCUT2D eigenvalue weighted by Crippen LogP contribution is 2.39. The standard InChI is InChI=1S/C24H21Cl3N2O/c1-14(2)30-21-12-11-19(27)13-20(21)24-28-22(15-3-7-17(25)8-4-15)23(29-24)16-5-9-18(26)10-6-16/h3-14,22-23H,1-2H3,(H,28,29)/t22-,23+. The molecule has 0 aromatic heterocycles. The first-order valence-corrected chi connectivity index (χ1v) is 10.9. The van der Waals surface area contributed by atoms with Crippen molar-refractivity contribution >= 4 is 40.6 Å². The van der Waals surface area contributed by atoms with Crippen molar-refractivity contribution in [2.24, 2.45) is 4.99 Å². The summed E-state index contributed by atoms with van der Waals surface area (Å²) in [5, 5.41) is 5.60. The van der Waals surface area contributed by atoms with Crippen molar-refractivity contribution in [1.82, 2.24) is 5.32 Å². The minimum atomic E-state index is -0.135. The van der Waals surface area contributed by atoms with Crippen LogP contribution in [-0.2, 0) is 0 Å². The van der Waals surface area contributed by atoms with E-state index in [4.69, 9.17) is 44.5 Å². The number of ether oxygens (including phenoxy) is 1. The summed E-state index contributed by atoms with van der Waals surface area (Å²) in [6.07, 6.45) is 0.0334. The van der Waals surface area contributed by atoms with Crippen LogP contribution in [0.2, 0.25) is 15.1 Å². The van der Waals surface area contributed by atoms with Crippen LogP contribution in [0.4, 0.5) is 0 Å². The molecule has 0 saturated heterocycles. The molecule has 4 rings (SSSR count). The second-order valence-electron chi connectivity index (χ2n) is 7.45. The Balaban J connectivity index is 1.78. The van der Waals surface area contributed by atoms with Crippen molar-refractivity contribution in [2.75, 3.05) is 0 Å². The number of aliphatic imine (C=N–C) groups is 1. The van der Waals surface area contributed by atoms with Gasteiger partial charge in [-0.2, -0.15) is 0 Å². The van der Waals surface area contributed by atoms with Crippen molar-refractivity contribution in [1.29, 1.82) is 0 Å². The van der Waals surface area contributed by atoms with Crippen LogP contribution in [0.25, 0.3) is 0 Å². The zero-order chi connectivity index (χ0) is 21.3. The molecule has 0 bridgehead atoms. The topological polar surface area (TPSA) is 33.6 Å². The Bertz CT molecular complexity index is 1060. The summed E-state index contributed by atoms with van der Waals surface area (Å²) in [5.41, 5.74) is 2.99. The summed E-state index contributed by atoms with van der Waals surface area (Å²) < 4.78 is 6.01. The summed E-state index contributed by atoms with van der Waals surface area (Å²) in [5.74, 6) is 1.49. The average molecular weight is 460 g/mol. The molecule has 3 aromatic carbocycles. The third-order valence-corrected chi connectivity index (χ3v) is 5.62. The number of nitrogens with one attached hydrogen (secondary N) is 1. The quantitative estimate of drug-likeness (QED) is 0.435. The maximum Gasteiger partial charge on any atom is 0.133 e. The van der Waals surface area contributed by atoms with Crippen LogP contribution >= 0.6 is 34.8 Å². The Hall–Kier alpha value is -2.20. The third-order valence-electron chi connectivity index (χ3n) is 4.88. The fourth-order valence-electron chi connectivity index (χ4n) is 3.53. The third kappa shape index (κ3) is 4.59. The average Bonchev–Trinajstić information content (AvgIpc) is 3.15. The van der Waals surface area contributed by atoms with E-state index in [9.17, 15) is 0 Å². The highest BCUT2D eigenvalue weighted by Gasteiger charge is 2.33. The molecular formula is C24H21Cl3N2O. The van der Waals surface area contributed by atoms with E-state index in [-0.39, 0.29) is 18.2 Å². The number of nitrogens with zero attached hydrogens (tertiary/aromatic N) is 1. The van der Waals surface area contributed by atoms with Gasteiger partial charge in [0.25, 0.3) is 0 Å². The SMILES string of the molecule is CC(C)Oc1ccc(Cl)cc1C1=N[C@H](c2ccc(Cl)cc2)[C@H](c2ccc(Cl)cc2)N1. The van der Waals surface area contributed by atoms with Crippen LogP contribution in [0.15, 0.2) is 71.7 Å². The van der Waals surface area contributed by atoms with E-state index in [1.165, 1.54) is 0 Å². The number of benzene rings is 3. The zero-order valence-electron chi connectivity index (χ0n) is 16.6. The molecule has 0 amide bonds. The summed E-state index contributed by atoms with van der Waals surface area (Å²) in [6.45, 7) is 3.99. The van der Waals surface area contributed by atoms with Gasteiger partial charge in [-0.25, -0.2) is 0 Å². The summed E-state index contributed by atoms with van der Waals surface area (Å²) in [7, 11) is 0. The van der Waals surface area contributed by atoms with Crippen molar-refractivity contribution < 1.29 is 4.74 Å². The first-order valence-electron chi connectivity index (χ1n) is 9.72. The second kappa shape index (κ2) is 8.89. The van der Waals surface area contributed by atoms with Crippen molar-refractivity contribution in [2.45, 2.75) is 32.0 Å². The van der Waals surface area contributed by atoms with Gasteiger partial charge in [0.05, 0.1) is 17.7 Å². The zero-order valence-corrected chi connectivity index (χ0v) is 18.8. The molecule has 3 nitrogen and oxygen atoms in total. The number of halogens is 3. The smallest absolute Gasteiger partial charge is 0.133 e. The van der Waals surface area contributed by atoms with Crippen LogP contribution in [-0.4, -0.2) is 11.9 Å². The van der Waals surface area contributed by atoms with Crippen LogP contribution in [0.1, 0.15) is 42.6 Å². The fraction of sp³-hybridized carbons (Fsp3) is 0.208. The van der Waals surface area contributed by atoms with E-state index >= 15 is 0 Å². The van der Waals surface area contributed by atoms with E-state index in [1.807, 2.05) is 80.6 Å². The molecule has 0 unspecified atom stereocenters. The molecular weight excluding hydrogens is 439 g/mol. The number of amidine groups is 1. The number of hydrogen-bond acceptors (Lipinski definition) is 3. The number of rotatable bonds is 5. The molecule has 30 heavy (non-hydrogen) atoms. The molecule has 3 aromatic rings. The molecule has 154 valence electrons. The first-order chi connectivity index (χ1) is 14.4. The lowest BCUT2D eigenvalue weighted by atomic mass is 9.95. The molecule has 0 radical (unpaired) electrons. The molecule has 2 atom stereocenters. The van der Waals surface area contributed by atoms with Gasteiger partial charge >= 0.3 is 0 Å². The van der Waals surface area contributed by atoms with Gasteiger partial charge in [0.1, 0.15) is 17.6 Å². The van der Waals surface area contributed by atoms with Crippen molar-refractivity contribution in [3.8, 4) is 5.75 Å². The van der Waals surface area contributed by atoms with E-state index in [1.54, 1.807) is 0 Å². The summed E-state index contributed by atoms with van der Waals surface area (Å²) in [4.78, 5) is 5.04. The van der Waals surface area contributed by atoms with Gasteiger partial charge in [-0.1, -0.05) is 59.1 Å². The highest BCUT2D eigenvalue weighted by atomic mass is 35.5. The summed E-state index contributed by atoms with van der Waals surface area (Å²) in [6, 6.07) is 21.0. The van der Waals surface area contributed by atoms with Crippen LogP contribution < -0.4 is 10.1 Å².